The van der Waals surface area contributed by atoms with Gasteiger partial charge in [0.25, 0.3) is 5.91 Å². The highest BCUT2D eigenvalue weighted by Crippen LogP contribution is 2.40. The molecular formula is C26H36N4O6. The Hall–Kier alpha value is -3.56. The maximum atomic E-state index is 13.3. The Morgan fingerprint density at radius 3 is 2.33 bits per heavy atom. The van der Waals surface area contributed by atoms with Crippen LogP contribution in [0, 0.1) is 11.8 Å². The van der Waals surface area contributed by atoms with Crippen molar-refractivity contribution >= 4 is 17.8 Å². The maximum Gasteiger partial charge on any atom is 0.325 e. The lowest BCUT2D eigenvalue weighted by Crippen LogP contribution is -2.41. The molecule has 1 saturated carbocycles. The monoisotopic (exact) mass is 500 g/mol. The zero-order valence-corrected chi connectivity index (χ0v) is 21.6. The number of nitrogens with zero attached hydrogens (tertiary/aromatic N) is 2. The van der Waals surface area contributed by atoms with Gasteiger partial charge >= 0.3 is 5.97 Å². The molecule has 0 spiro atoms. The summed E-state index contributed by atoms with van der Waals surface area (Å²) in [5.74, 6) is 0.762. The van der Waals surface area contributed by atoms with Crippen molar-refractivity contribution in [2.75, 3.05) is 27.9 Å². The summed E-state index contributed by atoms with van der Waals surface area (Å²) in [4.78, 5) is 37.0. The Kier molecular flexibility index (Phi) is 9.32. The Bertz CT molecular complexity index is 1050. The number of methoxy groups -OCH3 is 3. The summed E-state index contributed by atoms with van der Waals surface area (Å²) in [5.41, 5.74) is 1.72. The van der Waals surface area contributed by atoms with E-state index in [-0.39, 0.29) is 36.4 Å². The summed E-state index contributed by atoms with van der Waals surface area (Å²) in [7, 11) is 4.44. The van der Waals surface area contributed by atoms with Gasteiger partial charge in [-0.1, -0.05) is 19.9 Å². The second-order valence-electron chi connectivity index (χ2n) is 9.43. The predicted molar refractivity (Wildman–Crippen MR) is 134 cm³/mol. The van der Waals surface area contributed by atoms with Crippen LogP contribution in [0.4, 0.5) is 0 Å². The van der Waals surface area contributed by atoms with E-state index < -0.39 is 12.0 Å². The second-order valence-corrected chi connectivity index (χ2v) is 9.43. The van der Waals surface area contributed by atoms with E-state index in [4.69, 9.17) is 9.47 Å². The summed E-state index contributed by atoms with van der Waals surface area (Å²) in [6.45, 7) is 4.51. The molecule has 1 heterocycles. The number of carbonyl (C=O) groups excluding carboxylic acids is 3. The zero-order valence-electron chi connectivity index (χ0n) is 21.6. The molecule has 1 atom stereocenters. The number of amides is 2. The van der Waals surface area contributed by atoms with Crippen molar-refractivity contribution in [3.63, 3.8) is 0 Å². The number of rotatable bonds is 13. The van der Waals surface area contributed by atoms with Gasteiger partial charge in [-0.25, -0.2) is 0 Å². The van der Waals surface area contributed by atoms with E-state index in [9.17, 15) is 14.4 Å². The van der Waals surface area contributed by atoms with Crippen LogP contribution in [0.3, 0.4) is 0 Å². The third-order valence-electron chi connectivity index (χ3n) is 6.01. The first-order valence-corrected chi connectivity index (χ1v) is 12.2. The van der Waals surface area contributed by atoms with Crippen LogP contribution in [-0.2, 0) is 20.9 Å². The standard InChI is InChI=1S/C26H36N4O6/c1-16(2)11-18(12-23(31)27-14-24(32)36-5)28-26(33)19-13-20(30(29-19)15-17-9-10-17)25-21(34-3)7-6-8-22(25)35-4/h6-8,13,16-18H,9-12,14-15H2,1-5H3,(H,27,31)(H,28,33). The van der Waals surface area contributed by atoms with E-state index in [0.717, 1.165) is 24.1 Å². The molecule has 1 unspecified atom stereocenters. The van der Waals surface area contributed by atoms with Gasteiger partial charge in [-0.15, -0.1) is 0 Å². The highest BCUT2D eigenvalue weighted by Gasteiger charge is 2.28. The summed E-state index contributed by atoms with van der Waals surface area (Å²) in [6.07, 6.45) is 2.88. The number of benzene rings is 1. The molecule has 1 aliphatic rings. The Morgan fingerprint density at radius 1 is 1.11 bits per heavy atom. The normalized spacial score (nSPS) is 13.7. The zero-order chi connectivity index (χ0) is 26.2. The molecule has 2 amide bonds. The van der Waals surface area contributed by atoms with Crippen LogP contribution in [0.25, 0.3) is 11.3 Å². The van der Waals surface area contributed by atoms with Crippen LogP contribution in [0.2, 0.25) is 0 Å². The molecule has 0 bridgehead atoms. The lowest BCUT2D eigenvalue weighted by Gasteiger charge is -2.19. The van der Waals surface area contributed by atoms with E-state index >= 15 is 0 Å². The highest BCUT2D eigenvalue weighted by atomic mass is 16.5. The molecule has 3 rings (SSSR count). The maximum absolute atomic E-state index is 13.3. The topological polar surface area (TPSA) is 121 Å². The summed E-state index contributed by atoms with van der Waals surface area (Å²) in [6, 6.07) is 6.85. The molecule has 36 heavy (non-hydrogen) atoms. The molecule has 0 saturated heterocycles. The van der Waals surface area contributed by atoms with E-state index in [0.29, 0.717) is 30.4 Å². The largest absolute Gasteiger partial charge is 0.496 e. The summed E-state index contributed by atoms with van der Waals surface area (Å²) < 4.78 is 17.6. The van der Waals surface area contributed by atoms with Crippen molar-refractivity contribution in [2.45, 2.75) is 52.1 Å². The van der Waals surface area contributed by atoms with E-state index in [1.165, 1.54) is 7.11 Å². The van der Waals surface area contributed by atoms with Gasteiger partial charge in [0.1, 0.15) is 18.0 Å². The number of hydrogen-bond donors (Lipinski definition) is 2. The van der Waals surface area contributed by atoms with E-state index in [2.05, 4.69) is 20.5 Å². The summed E-state index contributed by atoms with van der Waals surface area (Å²) >= 11 is 0. The van der Waals surface area contributed by atoms with Crippen LogP contribution < -0.4 is 20.1 Å². The minimum absolute atomic E-state index is 0.0386. The molecular weight excluding hydrogens is 464 g/mol. The number of ether oxygens (including phenoxy) is 3. The lowest BCUT2D eigenvalue weighted by molar-refractivity contribution is -0.141. The molecule has 0 aliphatic heterocycles. The lowest BCUT2D eigenvalue weighted by atomic mass is 10.0. The fourth-order valence-corrected chi connectivity index (χ4v) is 4.08. The molecule has 196 valence electrons. The van der Waals surface area contributed by atoms with Crippen LogP contribution in [-0.4, -0.2) is 61.5 Å². The molecule has 1 aliphatic carbocycles. The first kappa shape index (κ1) is 27.0. The SMILES string of the molecule is COC(=O)CNC(=O)CC(CC(C)C)NC(=O)c1cc(-c2c(OC)cccc2OC)n(CC2CC2)n1. The minimum Gasteiger partial charge on any atom is -0.496 e. The van der Waals surface area contributed by atoms with Crippen molar-refractivity contribution in [1.29, 1.82) is 0 Å². The number of hydrogen-bond acceptors (Lipinski definition) is 7. The Labute approximate surface area is 211 Å². The van der Waals surface area contributed by atoms with Gasteiger partial charge in [0.2, 0.25) is 5.91 Å². The molecule has 10 heteroatoms. The number of nitrogens with one attached hydrogen (secondary N) is 2. The fourth-order valence-electron chi connectivity index (χ4n) is 4.08. The fraction of sp³-hybridized carbons (Fsp3) is 0.538. The Morgan fingerprint density at radius 2 is 1.78 bits per heavy atom. The molecule has 2 aromatic rings. The molecule has 2 N–H and O–H groups in total. The second kappa shape index (κ2) is 12.4. The van der Waals surface area contributed by atoms with Gasteiger partial charge in [0.15, 0.2) is 5.69 Å². The number of carbonyl (C=O) groups is 3. The third-order valence-corrected chi connectivity index (χ3v) is 6.01. The van der Waals surface area contributed by atoms with E-state index in [1.807, 2.05) is 36.7 Å². The van der Waals surface area contributed by atoms with Crippen LogP contribution in [0.1, 0.15) is 50.0 Å². The van der Waals surface area contributed by atoms with E-state index in [1.54, 1.807) is 20.3 Å². The van der Waals surface area contributed by atoms with Crippen LogP contribution in [0.5, 0.6) is 11.5 Å². The van der Waals surface area contributed by atoms with Crippen molar-refractivity contribution in [2.24, 2.45) is 11.8 Å². The third kappa shape index (κ3) is 7.22. The Balaban J connectivity index is 1.84. The van der Waals surface area contributed by atoms with Crippen molar-refractivity contribution in [3.8, 4) is 22.8 Å². The predicted octanol–water partition coefficient (Wildman–Crippen LogP) is 2.80. The average molecular weight is 501 g/mol. The molecule has 1 aromatic carbocycles. The molecule has 0 radical (unpaired) electrons. The van der Waals surface area contributed by atoms with Crippen molar-refractivity contribution in [3.05, 3.63) is 30.0 Å². The number of esters is 1. The molecule has 1 aromatic heterocycles. The van der Waals surface area contributed by atoms with Gasteiger partial charge in [-0.05, 0) is 49.3 Å². The first-order valence-electron chi connectivity index (χ1n) is 12.2. The first-order chi connectivity index (χ1) is 17.2. The average Bonchev–Trinajstić information content (AvgIpc) is 3.57. The van der Waals surface area contributed by atoms with Gasteiger partial charge in [0.05, 0.1) is 32.6 Å². The van der Waals surface area contributed by atoms with Gasteiger partial charge < -0.3 is 24.8 Å². The minimum atomic E-state index is -0.534. The van der Waals surface area contributed by atoms with Gasteiger partial charge in [0, 0.05) is 19.0 Å². The highest BCUT2D eigenvalue weighted by molar-refractivity contribution is 5.94. The van der Waals surface area contributed by atoms with Gasteiger partial charge in [-0.3, -0.25) is 19.1 Å². The smallest absolute Gasteiger partial charge is 0.325 e. The number of aromatic nitrogens is 2. The van der Waals surface area contributed by atoms with Crippen LogP contribution >= 0.6 is 0 Å². The van der Waals surface area contributed by atoms with Gasteiger partial charge in [-0.2, -0.15) is 5.10 Å². The molecule has 10 nitrogen and oxygen atoms in total. The quantitative estimate of drug-likeness (QED) is 0.406. The summed E-state index contributed by atoms with van der Waals surface area (Å²) in [5, 5.41) is 10.1. The van der Waals surface area contributed by atoms with Crippen molar-refractivity contribution in [1.82, 2.24) is 20.4 Å². The molecule has 1 fully saturated rings. The van der Waals surface area contributed by atoms with Crippen LogP contribution in [0.15, 0.2) is 24.3 Å². The van der Waals surface area contributed by atoms with Crippen molar-refractivity contribution < 1.29 is 28.6 Å².